The molecular formula is C17H29NO3. The van der Waals surface area contributed by atoms with Gasteiger partial charge in [-0.3, -0.25) is 0 Å². The van der Waals surface area contributed by atoms with E-state index in [2.05, 4.69) is 26.1 Å². The molecule has 0 radical (unpaired) electrons. The topological polar surface area (TPSA) is 50.7 Å². The third-order valence-corrected chi connectivity index (χ3v) is 3.54. The molecule has 2 N–H and O–H groups in total. The van der Waals surface area contributed by atoms with Crippen molar-refractivity contribution in [1.29, 1.82) is 0 Å². The summed E-state index contributed by atoms with van der Waals surface area (Å²) in [5.41, 5.74) is 1.28. The zero-order valence-electron chi connectivity index (χ0n) is 13.6. The van der Waals surface area contributed by atoms with Crippen LogP contribution in [0.2, 0.25) is 0 Å². The lowest BCUT2D eigenvalue weighted by Gasteiger charge is -2.23. The molecule has 0 aromatic heterocycles. The average Bonchev–Trinajstić information content (AvgIpc) is 2.49. The number of aliphatic hydroxyl groups is 1. The largest absolute Gasteiger partial charge is 0.491 e. The van der Waals surface area contributed by atoms with Gasteiger partial charge in [0.25, 0.3) is 0 Å². The summed E-state index contributed by atoms with van der Waals surface area (Å²) in [6.45, 7) is 7.82. The quantitative estimate of drug-likeness (QED) is 0.695. The minimum absolute atomic E-state index is 0.244. The minimum Gasteiger partial charge on any atom is -0.491 e. The molecule has 21 heavy (non-hydrogen) atoms. The van der Waals surface area contributed by atoms with E-state index in [1.807, 2.05) is 24.3 Å². The highest BCUT2D eigenvalue weighted by Gasteiger charge is 2.14. The average molecular weight is 295 g/mol. The van der Waals surface area contributed by atoms with Crippen LogP contribution in [0.1, 0.15) is 26.3 Å². The van der Waals surface area contributed by atoms with Gasteiger partial charge in [0.15, 0.2) is 0 Å². The molecule has 0 saturated carbocycles. The van der Waals surface area contributed by atoms with Crippen molar-refractivity contribution in [3.63, 3.8) is 0 Å². The van der Waals surface area contributed by atoms with Gasteiger partial charge in [-0.05, 0) is 30.0 Å². The smallest absolute Gasteiger partial charge is 0.119 e. The van der Waals surface area contributed by atoms with Crippen LogP contribution < -0.4 is 10.1 Å². The molecule has 0 bridgehead atoms. The Balaban J connectivity index is 2.30. The van der Waals surface area contributed by atoms with Crippen molar-refractivity contribution in [3.8, 4) is 5.75 Å². The number of hydrogen-bond donors (Lipinski definition) is 2. The van der Waals surface area contributed by atoms with E-state index in [0.29, 0.717) is 19.1 Å². The summed E-state index contributed by atoms with van der Waals surface area (Å²) in [5, 5.41) is 13.3. The van der Waals surface area contributed by atoms with E-state index < -0.39 is 6.10 Å². The maximum Gasteiger partial charge on any atom is 0.119 e. The molecule has 0 aliphatic carbocycles. The fraction of sp³-hybridized carbons (Fsp3) is 0.647. The lowest BCUT2D eigenvalue weighted by Crippen LogP contribution is -2.43. The molecule has 0 amide bonds. The Morgan fingerprint density at radius 2 is 1.81 bits per heavy atom. The van der Waals surface area contributed by atoms with Gasteiger partial charge < -0.3 is 19.9 Å². The number of ether oxygens (including phenoxy) is 2. The van der Waals surface area contributed by atoms with Crippen LogP contribution in [0.4, 0.5) is 0 Å². The van der Waals surface area contributed by atoms with Gasteiger partial charge in [-0.2, -0.15) is 0 Å². The summed E-state index contributed by atoms with van der Waals surface area (Å²) >= 11 is 0. The van der Waals surface area contributed by atoms with Gasteiger partial charge in [0.05, 0.1) is 6.61 Å². The van der Waals surface area contributed by atoms with E-state index in [1.165, 1.54) is 5.56 Å². The maximum absolute atomic E-state index is 9.98. The fourth-order valence-electron chi connectivity index (χ4n) is 2.03. The van der Waals surface area contributed by atoms with Crippen LogP contribution >= 0.6 is 0 Å². The minimum atomic E-state index is -0.533. The van der Waals surface area contributed by atoms with Crippen LogP contribution in [-0.2, 0) is 11.2 Å². The van der Waals surface area contributed by atoms with Crippen molar-refractivity contribution in [2.75, 3.05) is 26.9 Å². The predicted molar refractivity (Wildman–Crippen MR) is 85.8 cm³/mol. The molecule has 0 saturated heterocycles. The van der Waals surface area contributed by atoms with E-state index in [4.69, 9.17) is 9.47 Å². The second kappa shape index (κ2) is 9.77. The number of methoxy groups -OCH3 is 1. The van der Waals surface area contributed by atoms with Crippen molar-refractivity contribution in [2.45, 2.75) is 39.3 Å². The van der Waals surface area contributed by atoms with E-state index >= 15 is 0 Å². The molecule has 0 spiro atoms. The van der Waals surface area contributed by atoms with Crippen LogP contribution in [0, 0.1) is 5.92 Å². The third-order valence-electron chi connectivity index (χ3n) is 3.54. The lowest BCUT2D eigenvalue weighted by molar-refractivity contribution is 0.0901. The summed E-state index contributed by atoms with van der Waals surface area (Å²) in [4.78, 5) is 0. The maximum atomic E-state index is 9.98. The predicted octanol–water partition coefficient (Wildman–Crippen LogP) is 2.25. The molecule has 1 rings (SSSR count). The first kappa shape index (κ1) is 18.0. The molecule has 1 aromatic rings. The van der Waals surface area contributed by atoms with Crippen LogP contribution in [0.3, 0.4) is 0 Å². The molecule has 0 aliphatic rings. The standard InChI is InChI=1S/C17H29NO3/c1-5-14-6-8-16(9-7-14)21-11-15(19)10-18-17(12-20-4)13(2)3/h6-9,13,15,17-19H,5,10-12H2,1-4H3. The first-order valence-electron chi connectivity index (χ1n) is 7.68. The van der Waals surface area contributed by atoms with E-state index in [-0.39, 0.29) is 12.6 Å². The first-order chi connectivity index (χ1) is 10.1. The number of nitrogens with one attached hydrogen (secondary N) is 1. The molecule has 4 nitrogen and oxygen atoms in total. The Bertz CT molecular complexity index is 378. The van der Waals surface area contributed by atoms with Gasteiger partial charge in [-0.1, -0.05) is 32.9 Å². The first-order valence-corrected chi connectivity index (χ1v) is 7.68. The van der Waals surface area contributed by atoms with Crippen LogP contribution in [-0.4, -0.2) is 44.1 Å². The Kier molecular flexibility index (Phi) is 8.35. The zero-order valence-corrected chi connectivity index (χ0v) is 13.6. The SMILES string of the molecule is CCc1ccc(OCC(O)CNC(COC)C(C)C)cc1. The Morgan fingerprint density at radius 3 is 2.33 bits per heavy atom. The highest BCUT2D eigenvalue weighted by molar-refractivity contribution is 5.27. The van der Waals surface area contributed by atoms with Crippen molar-refractivity contribution in [3.05, 3.63) is 29.8 Å². The normalized spacial score (nSPS) is 14.2. The number of rotatable bonds is 10. The highest BCUT2D eigenvalue weighted by Crippen LogP contribution is 2.12. The molecule has 0 heterocycles. The van der Waals surface area contributed by atoms with Crippen molar-refractivity contribution >= 4 is 0 Å². The molecule has 2 unspecified atom stereocenters. The van der Waals surface area contributed by atoms with Gasteiger partial charge in [0.1, 0.15) is 18.5 Å². The molecule has 1 aromatic carbocycles. The van der Waals surface area contributed by atoms with E-state index in [1.54, 1.807) is 7.11 Å². The van der Waals surface area contributed by atoms with E-state index in [0.717, 1.165) is 12.2 Å². The summed E-state index contributed by atoms with van der Waals surface area (Å²) < 4.78 is 10.8. The Morgan fingerprint density at radius 1 is 1.14 bits per heavy atom. The number of aryl methyl sites for hydroxylation is 1. The third kappa shape index (κ3) is 6.93. The molecule has 0 aliphatic heterocycles. The lowest BCUT2D eigenvalue weighted by atomic mass is 10.1. The second-order valence-corrected chi connectivity index (χ2v) is 5.68. The Labute approximate surface area is 128 Å². The fourth-order valence-corrected chi connectivity index (χ4v) is 2.03. The molecule has 120 valence electrons. The van der Waals surface area contributed by atoms with Gasteiger partial charge in [-0.15, -0.1) is 0 Å². The van der Waals surface area contributed by atoms with Gasteiger partial charge in [0, 0.05) is 19.7 Å². The monoisotopic (exact) mass is 295 g/mol. The summed E-state index contributed by atoms with van der Waals surface area (Å²) in [6.07, 6.45) is 0.483. The number of hydrogen-bond acceptors (Lipinski definition) is 4. The number of aliphatic hydroxyl groups excluding tert-OH is 1. The summed E-state index contributed by atoms with van der Waals surface area (Å²) in [5.74, 6) is 1.25. The molecule has 4 heteroatoms. The van der Waals surface area contributed by atoms with E-state index in [9.17, 15) is 5.11 Å². The number of benzene rings is 1. The molecular weight excluding hydrogens is 266 g/mol. The zero-order chi connectivity index (χ0) is 15.7. The highest BCUT2D eigenvalue weighted by atomic mass is 16.5. The summed E-state index contributed by atoms with van der Waals surface area (Å²) in [6, 6.07) is 8.23. The van der Waals surface area contributed by atoms with Crippen LogP contribution in [0.5, 0.6) is 5.75 Å². The van der Waals surface area contributed by atoms with Crippen molar-refractivity contribution in [1.82, 2.24) is 5.32 Å². The van der Waals surface area contributed by atoms with Gasteiger partial charge >= 0.3 is 0 Å². The molecule has 0 fully saturated rings. The van der Waals surface area contributed by atoms with Crippen molar-refractivity contribution in [2.24, 2.45) is 5.92 Å². The molecule has 2 atom stereocenters. The summed E-state index contributed by atoms with van der Waals surface area (Å²) in [7, 11) is 1.69. The second-order valence-electron chi connectivity index (χ2n) is 5.68. The van der Waals surface area contributed by atoms with Gasteiger partial charge in [0.2, 0.25) is 0 Å². The van der Waals surface area contributed by atoms with Crippen molar-refractivity contribution < 1.29 is 14.6 Å². The Hall–Kier alpha value is -1.10. The van der Waals surface area contributed by atoms with Crippen LogP contribution in [0.15, 0.2) is 24.3 Å². The van der Waals surface area contributed by atoms with Gasteiger partial charge in [-0.25, -0.2) is 0 Å². The van der Waals surface area contributed by atoms with Crippen LogP contribution in [0.25, 0.3) is 0 Å².